The SMILES string of the molecule is CC1CCC(CCOOCOC(=O)CC2CCC(C)CC2)CC1. The number of carbonyl (C=O) groups is 1. The molecule has 23 heavy (non-hydrogen) atoms. The minimum Gasteiger partial charge on any atom is -0.435 e. The van der Waals surface area contributed by atoms with Crippen molar-refractivity contribution in [2.75, 3.05) is 13.4 Å². The molecule has 0 amide bonds. The Hall–Kier alpha value is -0.610. The molecule has 0 unspecified atom stereocenters. The van der Waals surface area contributed by atoms with Crippen molar-refractivity contribution in [1.82, 2.24) is 0 Å². The highest BCUT2D eigenvalue weighted by Crippen LogP contribution is 2.31. The zero-order valence-corrected chi connectivity index (χ0v) is 14.9. The first kappa shape index (κ1) is 18.7. The minimum absolute atomic E-state index is 0.0797. The summed E-state index contributed by atoms with van der Waals surface area (Å²) in [4.78, 5) is 21.9. The van der Waals surface area contributed by atoms with Gasteiger partial charge in [0.15, 0.2) is 0 Å². The van der Waals surface area contributed by atoms with Gasteiger partial charge in [-0.2, -0.15) is 4.89 Å². The molecule has 134 valence electrons. The quantitative estimate of drug-likeness (QED) is 0.210. The Morgan fingerprint density at radius 2 is 1.39 bits per heavy atom. The molecule has 0 N–H and O–H groups in total. The van der Waals surface area contributed by atoms with E-state index in [9.17, 15) is 4.79 Å². The number of rotatable bonds is 8. The van der Waals surface area contributed by atoms with Gasteiger partial charge >= 0.3 is 5.97 Å². The molecule has 2 rings (SSSR count). The van der Waals surface area contributed by atoms with Gasteiger partial charge in [0.25, 0.3) is 0 Å². The second-order valence-electron chi connectivity index (χ2n) is 7.82. The van der Waals surface area contributed by atoms with E-state index in [4.69, 9.17) is 14.5 Å². The van der Waals surface area contributed by atoms with E-state index in [1.807, 2.05) is 0 Å². The molecule has 0 bridgehead atoms. The molecule has 0 saturated heterocycles. The number of esters is 1. The summed E-state index contributed by atoms with van der Waals surface area (Å²) < 4.78 is 5.09. The number of hydrogen-bond donors (Lipinski definition) is 0. The van der Waals surface area contributed by atoms with Crippen LogP contribution >= 0.6 is 0 Å². The van der Waals surface area contributed by atoms with Gasteiger partial charge in [-0.25, -0.2) is 4.89 Å². The Bertz CT molecular complexity index is 328. The normalized spacial score (nSPS) is 31.7. The average Bonchev–Trinajstić information content (AvgIpc) is 2.54. The molecule has 0 aromatic heterocycles. The molecular weight excluding hydrogens is 292 g/mol. The molecule has 4 heteroatoms. The highest BCUT2D eigenvalue weighted by molar-refractivity contribution is 5.69. The molecule has 0 aliphatic heterocycles. The minimum atomic E-state index is -0.158. The largest absolute Gasteiger partial charge is 0.435 e. The van der Waals surface area contributed by atoms with Gasteiger partial charge in [-0.05, 0) is 42.9 Å². The monoisotopic (exact) mass is 326 g/mol. The number of hydrogen-bond acceptors (Lipinski definition) is 4. The summed E-state index contributed by atoms with van der Waals surface area (Å²) in [5.41, 5.74) is 0. The van der Waals surface area contributed by atoms with Crippen molar-refractivity contribution in [2.24, 2.45) is 23.7 Å². The van der Waals surface area contributed by atoms with Crippen LogP contribution in [0.2, 0.25) is 0 Å². The van der Waals surface area contributed by atoms with Crippen LogP contribution in [0, 0.1) is 23.7 Å². The van der Waals surface area contributed by atoms with E-state index in [2.05, 4.69) is 13.8 Å². The number of carbonyl (C=O) groups excluding carboxylic acids is 1. The molecule has 2 aliphatic rings. The van der Waals surface area contributed by atoms with Crippen LogP contribution in [0.4, 0.5) is 0 Å². The van der Waals surface area contributed by atoms with Crippen LogP contribution in [0.25, 0.3) is 0 Å². The summed E-state index contributed by atoms with van der Waals surface area (Å²) in [6, 6.07) is 0. The van der Waals surface area contributed by atoms with Crippen LogP contribution < -0.4 is 0 Å². The average molecular weight is 326 g/mol. The molecule has 2 aliphatic carbocycles. The maximum absolute atomic E-state index is 11.7. The summed E-state index contributed by atoms with van der Waals surface area (Å²) in [7, 11) is 0. The fraction of sp³-hybridized carbons (Fsp3) is 0.947. The number of ether oxygens (including phenoxy) is 1. The highest BCUT2D eigenvalue weighted by atomic mass is 17.2. The van der Waals surface area contributed by atoms with Crippen molar-refractivity contribution >= 4 is 5.97 Å². The van der Waals surface area contributed by atoms with E-state index in [0.29, 0.717) is 18.9 Å². The summed E-state index contributed by atoms with van der Waals surface area (Å²) in [5, 5.41) is 0. The van der Waals surface area contributed by atoms with Gasteiger partial charge in [0, 0.05) is 6.42 Å². The lowest BCUT2D eigenvalue weighted by Crippen LogP contribution is -2.18. The molecule has 0 spiro atoms. The standard InChI is InChI=1S/C19H34O4/c1-15-3-7-17(8-4-15)11-12-22-23-14-21-19(20)13-18-9-5-16(2)6-10-18/h15-18H,3-14H2,1-2H3. The maximum atomic E-state index is 11.7. The smallest absolute Gasteiger partial charge is 0.308 e. The molecule has 4 nitrogen and oxygen atoms in total. The lowest BCUT2D eigenvalue weighted by molar-refractivity contribution is -0.331. The van der Waals surface area contributed by atoms with E-state index in [0.717, 1.165) is 37.0 Å². The third-order valence-electron chi connectivity index (χ3n) is 5.69. The van der Waals surface area contributed by atoms with Gasteiger partial charge in [0.05, 0.1) is 6.61 Å². The second kappa shape index (κ2) is 10.3. The maximum Gasteiger partial charge on any atom is 0.308 e. The summed E-state index contributed by atoms with van der Waals surface area (Å²) >= 11 is 0. The van der Waals surface area contributed by atoms with Crippen LogP contribution in [0.3, 0.4) is 0 Å². The van der Waals surface area contributed by atoms with Crippen molar-refractivity contribution in [3.63, 3.8) is 0 Å². The molecule has 0 heterocycles. The van der Waals surface area contributed by atoms with E-state index in [1.165, 1.54) is 38.5 Å². The Balaban J connectivity index is 1.42. The van der Waals surface area contributed by atoms with E-state index >= 15 is 0 Å². The fourth-order valence-corrected chi connectivity index (χ4v) is 3.84. The van der Waals surface area contributed by atoms with Crippen LogP contribution in [-0.4, -0.2) is 19.4 Å². The van der Waals surface area contributed by atoms with Crippen molar-refractivity contribution in [1.29, 1.82) is 0 Å². The van der Waals surface area contributed by atoms with Crippen molar-refractivity contribution in [3.8, 4) is 0 Å². The van der Waals surface area contributed by atoms with Crippen LogP contribution in [0.1, 0.15) is 78.1 Å². The van der Waals surface area contributed by atoms with Crippen molar-refractivity contribution in [3.05, 3.63) is 0 Å². The summed E-state index contributed by atoms with van der Waals surface area (Å²) in [6.07, 6.45) is 11.6. The first-order chi connectivity index (χ1) is 11.1. The zero-order valence-electron chi connectivity index (χ0n) is 14.9. The molecule has 0 aromatic rings. The predicted molar refractivity (Wildman–Crippen MR) is 89.5 cm³/mol. The molecule has 0 atom stereocenters. The Morgan fingerprint density at radius 3 is 2.00 bits per heavy atom. The van der Waals surface area contributed by atoms with Crippen molar-refractivity contribution in [2.45, 2.75) is 78.1 Å². The first-order valence-electron chi connectivity index (χ1n) is 9.53. The fourth-order valence-electron chi connectivity index (χ4n) is 3.84. The Kier molecular flexibility index (Phi) is 8.38. The summed E-state index contributed by atoms with van der Waals surface area (Å²) in [6.45, 7) is 5.13. The van der Waals surface area contributed by atoms with E-state index in [1.54, 1.807) is 0 Å². The lowest BCUT2D eigenvalue weighted by atomic mass is 9.81. The van der Waals surface area contributed by atoms with Gasteiger partial charge in [0.1, 0.15) is 0 Å². The molecule has 0 radical (unpaired) electrons. The highest BCUT2D eigenvalue weighted by Gasteiger charge is 2.21. The molecule has 2 fully saturated rings. The van der Waals surface area contributed by atoms with Crippen LogP contribution in [-0.2, 0) is 19.3 Å². The van der Waals surface area contributed by atoms with Crippen molar-refractivity contribution < 1.29 is 19.3 Å². The topological polar surface area (TPSA) is 44.8 Å². The predicted octanol–water partition coefficient (Wildman–Crippen LogP) is 4.87. The zero-order chi connectivity index (χ0) is 16.5. The third-order valence-corrected chi connectivity index (χ3v) is 5.69. The second-order valence-corrected chi connectivity index (χ2v) is 7.82. The molecule has 0 aromatic carbocycles. The van der Waals surface area contributed by atoms with E-state index < -0.39 is 0 Å². The lowest BCUT2D eigenvalue weighted by Gasteiger charge is -2.25. The van der Waals surface area contributed by atoms with Crippen LogP contribution in [0.5, 0.6) is 0 Å². The first-order valence-corrected chi connectivity index (χ1v) is 9.53. The van der Waals surface area contributed by atoms with Gasteiger partial charge < -0.3 is 4.74 Å². The Labute approximate surface area is 141 Å². The molecule has 2 saturated carbocycles. The van der Waals surface area contributed by atoms with Gasteiger partial charge in [-0.15, -0.1) is 0 Å². The van der Waals surface area contributed by atoms with Gasteiger partial charge in [-0.1, -0.05) is 52.4 Å². The van der Waals surface area contributed by atoms with E-state index in [-0.39, 0.29) is 12.8 Å². The summed E-state index contributed by atoms with van der Waals surface area (Å²) in [5.74, 6) is 2.80. The van der Waals surface area contributed by atoms with Crippen LogP contribution in [0.15, 0.2) is 0 Å². The third kappa shape index (κ3) is 7.67. The van der Waals surface area contributed by atoms with Gasteiger partial charge in [0.2, 0.25) is 6.79 Å². The Morgan fingerprint density at radius 1 is 0.826 bits per heavy atom. The van der Waals surface area contributed by atoms with Gasteiger partial charge in [-0.3, -0.25) is 4.79 Å². The molecular formula is C19H34O4.